The van der Waals surface area contributed by atoms with Crippen molar-refractivity contribution < 1.29 is 8.78 Å². The van der Waals surface area contributed by atoms with E-state index in [1.54, 1.807) is 0 Å². The Balaban J connectivity index is 2.61. The zero-order valence-electron chi connectivity index (χ0n) is 11.6. The summed E-state index contributed by atoms with van der Waals surface area (Å²) in [5.74, 6) is -1.74. The Labute approximate surface area is 119 Å². The van der Waals surface area contributed by atoms with E-state index in [2.05, 4.69) is 12.2 Å². The van der Waals surface area contributed by atoms with Crippen molar-refractivity contribution >= 4 is 11.6 Å². The lowest BCUT2D eigenvalue weighted by molar-refractivity contribution is 0.483. The molecule has 1 nitrogen and oxygen atoms in total. The fraction of sp³-hybridized carbons (Fsp3) is 0.600. The molecule has 19 heavy (non-hydrogen) atoms. The Morgan fingerprint density at radius 2 is 1.74 bits per heavy atom. The van der Waals surface area contributed by atoms with Crippen molar-refractivity contribution in [3.8, 4) is 0 Å². The normalized spacial score (nSPS) is 12.7. The lowest BCUT2D eigenvalue weighted by Gasteiger charge is -2.18. The summed E-state index contributed by atoms with van der Waals surface area (Å²) in [4.78, 5) is 0. The molecule has 1 unspecified atom stereocenters. The van der Waals surface area contributed by atoms with Crippen LogP contribution in [-0.2, 0) is 0 Å². The van der Waals surface area contributed by atoms with Crippen LogP contribution in [0, 0.1) is 11.6 Å². The van der Waals surface area contributed by atoms with Crippen LogP contribution in [0.5, 0.6) is 0 Å². The molecule has 0 aliphatic heterocycles. The van der Waals surface area contributed by atoms with Gasteiger partial charge in [0.1, 0.15) is 0 Å². The molecule has 0 fully saturated rings. The van der Waals surface area contributed by atoms with Gasteiger partial charge in [0.2, 0.25) is 0 Å². The lowest BCUT2D eigenvalue weighted by atomic mass is 9.99. The zero-order valence-corrected chi connectivity index (χ0v) is 12.4. The van der Waals surface area contributed by atoms with Crippen molar-refractivity contribution in [2.24, 2.45) is 0 Å². The fourth-order valence-corrected chi connectivity index (χ4v) is 2.49. The maximum atomic E-state index is 13.3. The van der Waals surface area contributed by atoms with Crippen LogP contribution in [0.3, 0.4) is 0 Å². The first kappa shape index (κ1) is 16.4. The van der Waals surface area contributed by atoms with Crippen LogP contribution in [0.4, 0.5) is 8.78 Å². The van der Waals surface area contributed by atoms with Gasteiger partial charge in [-0.3, -0.25) is 0 Å². The molecule has 0 heterocycles. The van der Waals surface area contributed by atoms with Gasteiger partial charge in [0.25, 0.3) is 0 Å². The highest BCUT2D eigenvalue weighted by Gasteiger charge is 2.16. The van der Waals surface area contributed by atoms with E-state index in [4.69, 9.17) is 11.6 Å². The van der Waals surface area contributed by atoms with Crippen molar-refractivity contribution in [2.75, 3.05) is 7.05 Å². The molecule has 0 saturated carbocycles. The van der Waals surface area contributed by atoms with Crippen molar-refractivity contribution in [1.82, 2.24) is 5.32 Å². The third kappa shape index (κ3) is 5.07. The number of benzene rings is 1. The van der Waals surface area contributed by atoms with E-state index in [-0.39, 0.29) is 11.1 Å². The van der Waals surface area contributed by atoms with Crippen LogP contribution < -0.4 is 5.32 Å². The predicted molar refractivity (Wildman–Crippen MR) is 76.5 cm³/mol. The van der Waals surface area contributed by atoms with E-state index in [9.17, 15) is 8.78 Å². The van der Waals surface area contributed by atoms with Gasteiger partial charge in [-0.1, -0.05) is 50.6 Å². The van der Waals surface area contributed by atoms with Gasteiger partial charge in [-0.05, 0) is 31.2 Å². The van der Waals surface area contributed by atoms with Gasteiger partial charge in [0, 0.05) is 11.1 Å². The summed E-state index contributed by atoms with van der Waals surface area (Å²) in [6, 6.07) is 2.22. The maximum absolute atomic E-state index is 13.3. The minimum atomic E-state index is -0.897. The molecule has 1 aromatic rings. The summed E-state index contributed by atoms with van der Waals surface area (Å²) in [5.41, 5.74) is 0.638. The first-order valence-electron chi connectivity index (χ1n) is 6.91. The number of nitrogens with one attached hydrogen (secondary N) is 1. The molecular weight excluding hydrogens is 268 g/mol. The van der Waals surface area contributed by atoms with Gasteiger partial charge >= 0.3 is 0 Å². The topological polar surface area (TPSA) is 12.0 Å². The summed E-state index contributed by atoms with van der Waals surface area (Å²) in [6.07, 6.45) is 6.78. The van der Waals surface area contributed by atoms with Crippen LogP contribution in [-0.4, -0.2) is 7.05 Å². The molecule has 1 atom stereocenters. The van der Waals surface area contributed by atoms with Crippen molar-refractivity contribution in [1.29, 1.82) is 0 Å². The Morgan fingerprint density at radius 3 is 2.37 bits per heavy atom. The molecular formula is C15H22ClF2N. The third-order valence-corrected chi connectivity index (χ3v) is 3.69. The van der Waals surface area contributed by atoms with Crippen molar-refractivity contribution in [3.05, 3.63) is 34.4 Å². The van der Waals surface area contributed by atoms with E-state index < -0.39 is 11.6 Å². The molecule has 0 radical (unpaired) electrons. The Hall–Kier alpha value is -0.670. The zero-order chi connectivity index (χ0) is 14.3. The molecule has 108 valence electrons. The van der Waals surface area contributed by atoms with Crippen molar-refractivity contribution in [3.63, 3.8) is 0 Å². The number of hydrogen-bond donors (Lipinski definition) is 1. The fourth-order valence-electron chi connectivity index (χ4n) is 2.21. The highest BCUT2D eigenvalue weighted by molar-refractivity contribution is 6.31. The van der Waals surface area contributed by atoms with Crippen LogP contribution in [0.1, 0.15) is 57.1 Å². The minimum Gasteiger partial charge on any atom is -0.313 e. The highest BCUT2D eigenvalue weighted by atomic mass is 35.5. The molecule has 0 saturated heterocycles. The summed E-state index contributed by atoms with van der Waals surface area (Å²) in [5, 5.41) is 3.41. The number of halogens is 3. The van der Waals surface area contributed by atoms with Gasteiger partial charge in [-0.25, -0.2) is 8.78 Å². The highest BCUT2D eigenvalue weighted by Crippen LogP contribution is 2.28. The molecule has 0 bridgehead atoms. The molecule has 1 rings (SSSR count). The Bertz CT molecular complexity index is 396. The van der Waals surface area contributed by atoms with Crippen LogP contribution in [0.25, 0.3) is 0 Å². The molecule has 4 heteroatoms. The molecule has 0 spiro atoms. The SMILES string of the molecule is CCCCCCCC(NC)c1cc(F)c(F)cc1Cl. The summed E-state index contributed by atoms with van der Waals surface area (Å²) in [6.45, 7) is 2.18. The number of hydrogen-bond acceptors (Lipinski definition) is 1. The standard InChI is InChI=1S/C15H22ClF2N/c1-3-4-5-6-7-8-15(19-2)11-9-13(17)14(18)10-12(11)16/h9-10,15,19H,3-8H2,1-2H3. The van der Waals surface area contributed by atoms with Crippen LogP contribution in [0.2, 0.25) is 5.02 Å². The summed E-state index contributed by atoms with van der Waals surface area (Å²) < 4.78 is 26.3. The lowest BCUT2D eigenvalue weighted by Crippen LogP contribution is -2.17. The second-order valence-corrected chi connectivity index (χ2v) is 5.24. The summed E-state index contributed by atoms with van der Waals surface area (Å²) >= 11 is 5.99. The molecule has 1 N–H and O–H groups in total. The van der Waals surface area contributed by atoms with E-state index in [0.717, 1.165) is 25.3 Å². The second kappa shape index (κ2) is 8.49. The predicted octanol–water partition coefficient (Wildman–Crippen LogP) is 5.24. The first-order valence-corrected chi connectivity index (χ1v) is 7.29. The van der Waals surface area contributed by atoms with E-state index >= 15 is 0 Å². The molecule has 0 amide bonds. The summed E-state index contributed by atoms with van der Waals surface area (Å²) in [7, 11) is 1.81. The third-order valence-electron chi connectivity index (χ3n) is 3.36. The van der Waals surface area contributed by atoms with Gasteiger partial charge in [-0.2, -0.15) is 0 Å². The van der Waals surface area contributed by atoms with Gasteiger partial charge in [-0.15, -0.1) is 0 Å². The van der Waals surface area contributed by atoms with E-state index in [1.165, 1.54) is 25.3 Å². The minimum absolute atomic E-state index is 0.0239. The second-order valence-electron chi connectivity index (χ2n) is 4.83. The number of rotatable bonds is 8. The van der Waals surface area contributed by atoms with Gasteiger partial charge < -0.3 is 5.32 Å². The average molecular weight is 290 g/mol. The maximum Gasteiger partial charge on any atom is 0.160 e. The number of unbranched alkanes of at least 4 members (excludes halogenated alkanes) is 4. The van der Waals surface area contributed by atoms with Crippen LogP contribution >= 0.6 is 11.6 Å². The Kier molecular flexibility index (Phi) is 7.32. The van der Waals surface area contributed by atoms with E-state index in [0.29, 0.717) is 5.56 Å². The quantitative estimate of drug-likeness (QED) is 0.510. The van der Waals surface area contributed by atoms with Gasteiger partial charge in [0.15, 0.2) is 11.6 Å². The molecule has 0 aliphatic rings. The molecule has 0 aromatic heterocycles. The smallest absolute Gasteiger partial charge is 0.160 e. The average Bonchev–Trinajstić information content (AvgIpc) is 2.39. The molecule has 0 aliphatic carbocycles. The Morgan fingerprint density at radius 1 is 1.11 bits per heavy atom. The van der Waals surface area contributed by atoms with Crippen LogP contribution in [0.15, 0.2) is 12.1 Å². The van der Waals surface area contributed by atoms with Crippen molar-refractivity contribution in [2.45, 2.75) is 51.5 Å². The first-order chi connectivity index (χ1) is 9.10. The van der Waals surface area contributed by atoms with Gasteiger partial charge in [0.05, 0.1) is 0 Å². The largest absolute Gasteiger partial charge is 0.313 e. The monoisotopic (exact) mass is 289 g/mol. The van der Waals surface area contributed by atoms with E-state index in [1.807, 2.05) is 7.05 Å². The molecule has 1 aromatic carbocycles.